The molecular formula is C16H34N2. The summed E-state index contributed by atoms with van der Waals surface area (Å²) in [5.41, 5.74) is 6.26. The summed E-state index contributed by atoms with van der Waals surface area (Å²) in [6.45, 7) is 11.9. The number of piperidine rings is 1. The molecule has 1 aliphatic rings. The van der Waals surface area contributed by atoms with Gasteiger partial charge in [-0.15, -0.1) is 0 Å². The SMILES string of the molecule is CCC1(CC)CCN(CCCC(C)CCN)CC1. The minimum Gasteiger partial charge on any atom is -0.330 e. The van der Waals surface area contributed by atoms with Gasteiger partial charge in [0.05, 0.1) is 0 Å². The Balaban J connectivity index is 2.16. The van der Waals surface area contributed by atoms with E-state index < -0.39 is 0 Å². The van der Waals surface area contributed by atoms with Crippen molar-refractivity contribution in [1.82, 2.24) is 4.90 Å². The normalized spacial score (nSPS) is 22.0. The lowest BCUT2D eigenvalue weighted by Gasteiger charge is -2.41. The Morgan fingerprint density at radius 3 is 2.22 bits per heavy atom. The molecule has 1 fully saturated rings. The number of hydrogen-bond donors (Lipinski definition) is 1. The number of rotatable bonds is 8. The number of hydrogen-bond acceptors (Lipinski definition) is 2. The molecule has 2 nitrogen and oxygen atoms in total. The lowest BCUT2D eigenvalue weighted by atomic mass is 9.74. The van der Waals surface area contributed by atoms with Crippen LogP contribution in [0.25, 0.3) is 0 Å². The molecule has 0 amide bonds. The molecule has 1 unspecified atom stereocenters. The van der Waals surface area contributed by atoms with Gasteiger partial charge in [-0.1, -0.05) is 33.6 Å². The molecule has 0 aliphatic carbocycles. The van der Waals surface area contributed by atoms with E-state index in [0.717, 1.165) is 12.5 Å². The molecule has 1 atom stereocenters. The van der Waals surface area contributed by atoms with E-state index in [1.165, 1.54) is 64.6 Å². The van der Waals surface area contributed by atoms with Crippen LogP contribution in [0.4, 0.5) is 0 Å². The van der Waals surface area contributed by atoms with Crippen molar-refractivity contribution in [1.29, 1.82) is 0 Å². The fourth-order valence-electron chi connectivity index (χ4n) is 3.30. The van der Waals surface area contributed by atoms with E-state index in [9.17, 15) is 0 Å². The Morgan fingerprint density at radius 2 is 1.72 bits per heavy atom. The molecule has 0 spiro atoms. The zero-order chi connectivity index (χ0) is 13.4. The van der Waals surface area contributed by atoms with E-state index in [-0.39, 0.29) is 0 Å². The second-order valence-electron chi connectivity index (χ2n) is 6.37. The molecule has 1 heterocycles. The standard InChI is InChI=1S/C16H34N2/c1-4-16(5-2)9-13-18(14-10-16)12-6-7-15(3)8-11-17/h15H,4-14,17H2,1-3H3. The molecule has 0 bridgehead atoms. The highest BCUT2D eigenvalue weighted by Gasteiger charge is 2.30. The molecule has 0 radical (unpaired) electrons. The summed E-state index contributed by atoms with van der Waals surface area (Å²) >= 11 is 0. The summed E-state index contributed by atoms with van der Waals surface area (Å²) in [6.07, 6.45) is 9.45. The Morgan fingerprint density at radius 1 is 1.11 bits per heavy atom. The molecule has 1 aliphatic heterocycles. The van der Waals surface area contributed by atoms with Crippen molar-refractivity contribution in [3.63, 3.8) is 0 Å². The van der Waals surface area contributed by atoms with Crippen molar-refractivity contribution in [2.75, 3.05) is 26.2 Å². The van der Waals surface area contributed by atoms with Gasteiger partial charge in [-0.25, -0.2) is 0 Å². The van der Waals surface area contributed by atoms with Crippen LogP contribution in [-0.2, 0) is 0 Å². The zero-order valence-electron chi connectivity index (χ0n) is 12.9. The van der Waals surface area contributed by atoms with Gasteiger partial charge >= 0.3 is 0 Å². The van der Waals surface area contributed by atoms with Crippen LogP contribution in [0.5, 0.6) is 0 Å². The van der Waals surface area contributed by atoms with Crippen LogP contribution in [0.15, 0.2) is 0 Å². The van der Waals surface area contributed by atoms with E-state index in [4.69, 9.17) is 5.73 Å². The number of nitrogens with zero attached hydrogens (tertiary/aromatic N) is 1. The summed E-state index contributed by atoms with van der Waals surface area (Å²) in [4.78, 5) is 2.68. The fourth-order valence-corrected chi connectivity index (χ4v) is 3.30. The van der Waals surface area contributed by atoms with E-state index in [0.29, 0.717) is 5.41 Å². The van der Waals surface area contributed by atoms with Crippen molar-refractivity contribution in [2.24, 2.45) is 17.1 Å². The van der Waals surface area contributed by atoms with Gasteiger partial charge in [0, 0.05) is 0 Å². The monoisotopic (exact) mass is 254 g/mol. The summed E-state index contributed by atoms with van der Waals surface area (Å²) in [5.74, 6) is 0.810. The molecule has 108 valence electrons. The van der Waals surface area contributed by atoms with Gasteiger partial charge in [0.1, 0.15) is 0 Å². The largest absolute Gasteiger partial charge is 0.330 e. The van der Waals surface area contributed by atoms with Gasteiger partial charge in [0.2, 0.25) is 0 Å². The summed E-state index contributed by atoms with van der Waals surface area (Å²) in [5, 5.41) is 0. The van der Waals surface area contributed by atoms with E-state index >= 15 is 0 Å². The van der Waals surface area contributed by atoms with Crippen molar-refractivity contribution < 1.29 is 0 Å². The molecule has 1 rings (SSSR count). The first-order valence-electron chi connectivity index (χ1n) is 8.08. The Kier molecular flexibility index (Phi) is 7.25. The first-order valence-corrected chi connectivity index (χ1v) is 8.08. The molecule has 18 heavy (non-hydrogen) atoms. The molecule has 0 saturated carbocycles. The van der Waals surface area contributed by atoms with Crippen LogP contribution in [0.3, 0.4) is 0 Å². The topological polar surface area (TPSA) is 29.3 Å². The second-order valence-corrected chi connectivity index (χ2v) is 6.37. The Bertz CT molecular complexity index is 201. The predicted octanol–water partition coefficient (Wildman–Crippen LogP) is 3.65. The molecule has 2 heteroatoms. The van der Waals surface area contributed by atoms with Gasteiger partial charge in [-0.2, -0.15) is 0 Å². The smallest absolute Gasteiger partial charge is 0.00134 e. The first-order chi connectivity index (χ1) is 8.65. The van der Waals surface area contributed by atoms with E-state index in [1.54, 1.807) is 0 Å². The third-order valence-corrected chi connectivity index (χ3v) is 5.25. The number of likely N-dealkylation sites (tertiary alicyclic amines) is 1. The number of nitrogens with two attached hydrogens (primary N) is 1. The third kappa shape index (κ3) is 4.89. The lowest BCUT2D eigenvalue weighted by molar-refractivity contribution is 0.0935. The third-order valence-electron chi connectivity index (χ3n) is 5.25. The minimum absolute atomic E-state index is 0.670. The average Bonchev–Trinajstić information content (AvgIpc) is 2.40. The van der Waals surface area contributed by atoms with Gasteiger partial charge in [0.25, 0.3) is 0 Å². The van der Waals surface area contributed by atoms with Crippen molar-refractivity contribution in [3.05, 3.63) is 0 Å². The summed E-state index contributed by atoms with van der Waals surface area (Å²) < 4.78 is 0. The van der Waals surface area contributed by atoms with Gasteiger partial charge in [-0.05, 0) is 69.6 Å². The minimum atomic E-state index is 0.670. The van der Waals surface area contributed by atoms with Gasteiger partial charge in [-0.3, -0.25) is 0 Å². The molecule has 0 aromatic rings. The van der Waals surface area contributed by atoms with Crippen LogP contribution >= 0.6 is 0 Å². The van der Waals surface area contributed by atoms with E-state index in [1.807, 2.05) is 0 Å². The maximum atomic E-state index is 5.59. The quantitative estimate of drug-likeness (QED) is 0.716. The van der Waals surface area contributed by atoms with Gasteiger partial charge < -0.3 is 10.6 Å². The Labute approximate surface area is 114 Å². The van der Waals surface area contributed by atoms with Crippen LogP contribution in [0.2, 0.25) is 0 Å². The van der Waals surface area contributed by atoms with Crippen molar-refractivity contribution >= 4 is 0 Å². The maximum Gasteiger partial charge on any atom is -0.00134 e. The molecular weight excluding hydrogens is 220 g/mol. The summed E-state index contributed by atoms with van der Waals surface area (Å²) in [6, 6.07) is 0. The van der Waals surface area contributed by atoms with Crippen molar-refractivity contribution in [2.45, 2.75) is 65.7 Å². The average molecular weight is 254 g/mol. The Hall–Kier alpha value is -0.0800. The highest BCUT2D eigenvalue weighted by Crippen LogP contribution is 2.37. The highest BCUT2D eigenvalue weighted by atomic mass is 15.1. The van der Waals surface area contributed by atoms with Crippen LogP contribution in [-0.4, -0.2) is 31.1 Å². The summed E-state index contributed by atoms with van der Waals surface area (Å²) in [7, 11) is 0. The fraction of sp³-hybridized carbons (Fsp3) is 1.00. The van der Waals surface area contributed by atoms with Gasteiger partial charge in [0.15, 0.2) is 0 Å². The highest BCUT2D eigenvalue weighted by molar-refractivity contribution is 4.83. The lowest BCUT2D eigenvalue weighted by Crippen LogP contribution is -2.40. The molecule has 1 saturated heterocycles. The molecule has 2 N–H and O–H groups in total. The first kappa shape index (κ1) is 16.0. The maximum absolute atomic E-state index is 5.59. The van der Waals surface area contributed by atoms with Crippen LogP contribution in [0.1, 0.15) is 65.7 Å². The van der Waals surface area contributed by atoms with E-state index in [2.05, 4.69) is 25.7 Å². The zero-order valence-corrected chi connectivity index (χ0v) is 12.9. The van der Waals surface area contributed by atoms with Crippen LogP contribution in [0, 0.1) is 11.3 Å². The molecule has 0 aromatic carbocycles. The predicted molar refractivity (Wildman–Crippen MR) is 80.8 cm³/mol. The van der Waals surface area contributed by atoms with Crippen LogP contribution < -0.4 is 5.73 Å². The molecule has 0 aromatic heterocycles. The second kappa shape index (κ2) is 8.16. The van der Waals surface area contributed by atoms with Crippen molar-refractivity contribution in [3.8, 4) is 0 Å².